The maximum atomic E-state index is 12.7. The Hall–Kier alpha value is -3.13. The molecule has 0 spiro atoms. The molecule has 0 radical (unpaired) electrons. The molecule has 3 aromatic rings. The molecule has 0 saturated carbocycles. The number of benzene rings is 2. The molecule has 1 amide bonds. The average molecular weight is 402 g/mol. The molecule has 0 saturated heterocycles. The van der Waals surface area contributed by atoms with Gasteiger partial charge in [-0.15, -0.1) is 5.10 Å². The van der Waals surface area contributed by atoms with Crippen LogP contribution in [0.4, 0.5) is 5.69 Å². The summed E-state index contributed by atoms with van der Waals surface area (Å²) in [5.41, 5.74) is 1.66. The summed E-state index contributed by atoms with van der Waals surface area (Å²) in [5, 5.41) is 14.2. The lowest BCUT2D eigenvalue weighted by Crippen LogP contribution is -2.13. The molecule has 0 aliphatic rings. The van der Waals surface area contributed by atoms with Crippen LogP contribution in [0.1, 0.15) is 24.2 Å². The Kier molecular flexibility index (Phi) is 6.10. The van der Waals surface area contributed by atoms with Gasteiger partial charge in [-0.25, -0.2) is 4.68 Å². The molecule has 0 bridgehead atoms. The van der Waals surface area contributed by atoms with Gasteiger partial charge in [0.2, 0.25) is 0 Å². The van der Waals surface area contributed by atoms with Crippen molar-refractivity contribution in [3.05, 3.63) is 53.3 Å². The first-order valence-electron chi connectivity index (χ1n) is 8.63. The van der Waals surface area contributed by atoms with Crippen LogP contribution >= 0.6 is 11.6 Å². The van der Waals surface area contributed by atoms with E-state index in [0.29, 0.717) is 40.3 Å². The van der Waals surface area contributed by atoms with Crippen LogP contribution in [0.2, 0.25) is 5.02 Å². The van der Waals surface area contributed by atoms with Gasteiger partial charge in [0.25, 0.3) is 5.91 Å². The minimum absolute atomic E-state index is 0.313. The van der Waals surface area contributed by atoms with E-state index >= 15 is 0 Å². The number of hydrogen-bond donors (Lipinski definition) is 1. The Balaban J connectivity index is 1.81. The third kappa shape index (κ3) is 4.58. The molecule has 28 heavy (non-hydrogen) atoms. The maximum absolute atomic E-state index is 12.7. The Morgan fingerprint density at radius 3 is 2.79 bits per heavy atom. The van der Waals surface area contributed by atoms with E-state index in [4.69, 9.17) is 21.1 Å². The van der Waals surface area contributed by atoms with Crippen LogP contribution in [0.5, 0.6) is 11.5 Å². The molecule has 0 aliphatic heterocycles. The number of anilines is 1. The first-order chi connectivity index (χ1) is 13.5. The highest BCUT2D eigenvalue weighted by atomic mass is 35.5. The number of ether oxygens (including phenoxy) is 2. The number of carbonyl (C=O) groups is 1. The number of methoxy groups -OCH3 is 1. The summed E-state index contributed by atoms with van der Waals surface area (Å²) in [6.07, 6.45) is 1.47. The fraction of sp³-hybridized carbons (Fsp3) is 0.263. The van der Waals surface area contributed by atoms with E-state index in [2.05, 4.69) is 20.8 Å². The Morgan fingerprint density at radius 2 is 2.11 bits per heavy atom. The van der Waals surface area contributed by atoms with Crippen molar-refractivity contribution in [3.8, 4) is 17.2 Å². The maximum Gasteiger partial charge on any atom is 0.255 e. The number of tetrazole rings is 1. The molecule has 0 atom stereocenters. The van der Waals surface area contributed by atoms with E-state index in [0.717, 1.165) is 5.69 Å². The third-order valence-corrected chi connectivity index (χ3v) is 4.05. The van der Waals surface area contributed by atoms with E-state index in [1.54, 1.807) is 30.3 Å². The van der Waals surface area contributed by atoms with Gasteiger partial charge in [-0.2, -0.15) is 0 Å². The zero-order chi connectivity index (χ0) is 20.1. The van der Waals surface area contributed by atoms with Gasteiger partial charge in [-0.3, -0.25) is 4.79 Å². The first kappa shape index (κ1) is 19.6. The normalized spacial score (nSPS) is 10.8. The van der Waals surface area contributed by atoms with Gasteiger partial charge in [0, 0.05) is 11.3 Å². The van der Waals surface area contributed by atoms with E-state index in [-0.39, 0.29) is 5.91 Å². The number of rotatable bonds is 7. The third-order valence-electron chi connectivity index (χ3n) is 3.77. The topological polar surface area (TPSA) is 91.2 Å². The second kappa shape index (κ2) is 8.71. The molecular formula is C19H20ClN5O3. The molecule has 3 rings (SSSR count). The Morgan fingerprint density at radius 1 is 1.29 bits per heavy atom. The standard InChI is InChI=1S/C19H20ClN5O3/c1-12(2)10-28-18-16(20)7-13(8-17(18)27-3)19(26)22-14-5-4-6-15(9-14)25-11-21-23-24-25/h4-9,11-12H,10H2,1-3H3,(H,22,26). The zero-order valence-corrected chi connectivity index (χ0v) is 16.5. The lowest BCUT2D eigenvalue weighted by Gasteiger charge is -2.15. The van der Waals surface area contributed by atoms with Crippen molar-refractivity contribution in [1.82, 2.24) is 20.2 Å². The molecule has 2 aromatic carbocycles. The number of carbonyl (C=O) groups excluding carboxylic acids is 1. The minimum atomic E-state index is -0.329. The van der Waals surface area contributed by atoms with Gasteiger partial charge >= 0.3 is 0 Å². The predicted molar refractivity (Wildman–Crippen MR) is 105 cm³/mol. The van der Waals surface area contributed by atoms with Gasteiger partial charge < -0.3 is 14.8 Å². The van der Waals surface area contributed by atoms with Gasteiger partial charge in [0.05, 0.1) is 24.4 Å². The number of nitrogens with zero attached hydrogens (tertiary/aromatic N) is 4. The molecule has 8 nitrogen and oxygen atoms in total. The van der Waals surface area contributed by atoms with Gasteiger partial charge in [-0.05, 0) is 46.7 Å². The molecule has 9 heteroatoms. The zero-order valence-electron chi connectivity index (χ0n) is 15.7. The van der Waals surface area contributed by atoms with Crippen LogP contribution in [-0.4, -0.2) is 39.8 Å². The lowest BCUT2D eigenvalue weighted by molar-refractivity contribution is 0.102. The number of nitrogens with one attached hydrogen (secondary N) is 1. The number of hydrogen-bond acceptors (Lipinski definition) is 6. The highest BCUT2D eigenvalue weighted by Gasteiger charge is 2.17. The minimum Gasteiger partial charge on any atom is -0.493 e. The SMILES string of the molecule is COc1cc(C(=O)Nc2cccc(-n3cnnn3)c2)cc(Cl)c1OCC(C)C. The van der Waals surface area contributed by atoms with Crippen molar-refractivity contribution in [1.29, 1.82) is 0 Å². The summed E-state index contributed by atoms with van der Waals surface area (Å²) in [7, 11) is 1.51. The molecule has 0 aliphatic carbocycles. The lowest BCUT2D eigenvalue weighted by atomic mass is 10.1. The summed E-state index contributed by atoms with van der Waals surface area (Å²) in [5.74, 6) is 0.830. The van der Waals surface area contributed by atoms with E-state index in [1.165, 1.54) is 18.1 Å². The fourth-order valence-electron chi connectivity index (χ4n) is 2.45. The summed E-state index contributed by atoms with van der Waals surface area (Å²) in [6, 6.07) is 10.3. The fourth-order valence-corrected chi connectivity index (χ4v) is 2.72. The first-order valence-corrected chi connectivity index (χ1v) is 9.01. The Bertz CT molecular complexity index is 960. The Labute approximate surface area is 167 Å². The largest absolute Gasteiger partial charge is 0.493 e. The van der Waals surface area contributed by atoms with Crippen molar-refractivity contribution in [2.75, 3.05) is 19.0 Å². The second-order valence-corrected chi connectivity index (χ2v) is 6.86. The molecule has 1 heterocycles. The van der Waals surface area contributed by atoms with Crippen LogP contribution in [0.25, 0.3) is 5.69 Å². The molecular weight excluding hydrogens is 382 g/mol. The van der Waals surface area contributed by atoms with E-state index in [9.17, 15) is 4.79 Å². The number of aromatic nitrogens is 4. The average Bonchev–Trinajstić information content (AvgIpc) is 3.21. The highest BCUT2D eigenvalue weighted by molar-refractivity contribution is 6.32. The number of halogens is 1. The van der Waals surface area contributed by atoms with Crippen molar-refractivity contribution in [3.63, 3.8) is 0 Å². The molecule has 0 unspecified atom stereocenters. The molecule has 1 aromatic heterocycles. The van der Waals surface area contributed by atoms with E-state index in [1.807, 2.05) is 19.9 Å². The van der Waals surface area contributed by atoms with Crippen LogP contribution in [0, 0.1) is 5.92 Å². The molecule has 0 fully saturated rings. The smallest absolute Gasteiger partial charge is 0.255 e. The van der Waals surface area contributed by atoms with Crippen LogP contribution in [0.3, 0.4) is 0 Å². The van der Waals surface area contributed by atoms with Crippen LogP contribution in [0.15, 0.2) is 42.7 Å². The van der Waals surface area contributed by atoms with Crippen molar-refractivity contribution in [2.24, 2.45) is 5.92 Å². The van der Waals surface area contributed by atoms with Crippen molar-refractivity contribution >= 4 is 23.2 Å². The molecule has 146 valence electrons. The second-order valence-electron chi connectivity index (χ2n) is 6.45. The predicted octanol–water partition coefficient (Wildman–Crippen LogP) is 3.61. The van der Waals surface area contributed by atoms with Crippen molar-refractivity contribution in [2.45, 2.75) is 13.8 Å². The highest BCUT2D eigenvalue weighted by Crippen LogP contribution is 2.37. The van der Waals surface area contributed by atoms with Crippen LogP contribution in [-0.2, 0) is 0 Å². The summed E-state index contributed by atoms with van der Waals surface area (Å²) in [6.45, 7) is 4.56. The summed E-state index contributed by atoms with van der Waals surface area (Å²) >= 11 is 6.33. The van der Waals surface area contributed by atoms with Gasteiger partial charge in [0.15, 0.2) is 11.5 Å². The quantitative estimate of drug-likeness (QED) is 0.650. The number of amides is 1. The summed E-state index contributed by atoms with van der Waals surface area (Å²) in [4.78, 5) is 12.7. The van der Waals surface area contributed by atoms with Crippen LogP contribution < -0.4 is 14.8 Å². The molecule has 1 N–H and O–H groups in total. The summed E-state index contributed by atoms with van der Waals surface area (Å²) < 4.78 is 12.6. The van der Waals surface area contributed by atoms with E-state index < -0.39 is 0 Å². The van der Waals surface area contributed by atoms with Crippen molar-refractivity contribution < 1.29 is 14.3 Å². The van der Waals surface area contributed by atoms with Gasteiger partial charge in [-0.1, -0.05) is 31.5 Å². The van der Waals surface area contributed by atoms with Gasteiger partial charge in [0.1, 0.15) is 6.33 Å². The monoisotopic (exact) mass is 401 g/mol.